The predicted octanol–water partition coefficient (Wildman–Crippen LogP) is 4.58. The second-order valence-electron chi connectivity index (χ2n) is 6.78. The number of aryl methyl sites for hydroxylation is 1. The number of anilines is 1. The van der Waals surface area contributed by atoms with E-state index in [4.69, 9.17) is 9.47 Å². The minimum atomic E-state index is -0.0917. The first kappa shape index (κ1) is 20.6. The molecule has 2 heterocycles. The van der Waals surface area contributed by atoms with Gasteiger partial charge in [0.15, 0.2) is 5.13 Å². The molecule has 7 nitrogen and oxygen atoms in total. The lowest BCUT2D eigenvalue weighted by atomic mass is 10.1. The number of benzene rings is 2. The molecule has 158 valence electrons. The number of aromatic nitrogens is 3. The zero-order valence-corrected chi connectivity index (χ0v) is 18.1. The molecule has 0 unspecified atom stereocenters. The molecule has 0 aliphatic rings. The fourth-order valence-corrected chi connectivity index (χ4v) is 3.85. The first-order valence-electron chi connectivity index (χ1n) is 9.73. The van der Waals surface area contributed by atoms with E-state index in [-0.39, 0.29) is 5.91 Å². The topological polar surface area (TPSA) is 78.3 Å². The third kappa shape index (κ3) is 4.92. The summed E-state index contributed by atoms with van der Waals surface area (Å²) in [6.07, 6.45) is 4.68. The van der Waals surface area contributed by atoms with Crippen LogP contribution in [0.25, 0.3) is 16.9 Å². The molecule has 0 saturated heterocycles. The number of carbonyl (C=O) groups excluding carboxylic acids is 1. The van der Waals surface area contributed by atoms with E-state index < -0.39 is 0 Å². The van der Waals surface area contributed by atoms with Crippen molar-refractivity contribution in [2.45, 2.75) is 12.8 Å². The van der Waals surface area contributed by atoms with Crippen LogP contribution in [-0.4, -0.2) is 34.9 Å². The standard InChI is InChI=1S/C23H22N4O3S/c1-29-18-9-10-21(30-2)19(12-18)20-15-31-23(25-20)26-22(28)11-8-16-13-24-27(14-16)17-6-4-3-5-7-17/h3-7,9-10,12-15H,8,11H2,1-2H3,(H,25,26,28). The van der Waals surface area contributed by atoms with Gasteiger partial charge in [-0.05, 0) is 42.3 Å². The highest BCUT2D eigenvalue weighted by Crippen LogP contribution is 2.35. The Morgan fingerprint density at radius 1 is 1.13 bits per heavy atom. The first-order valence-corrected chi connectivity index (χ1v) is 10.6. The zero-order valence-electron chi connectivity index (χ0n) is 17.2. The predicted molar refractivity (Wildman–Crippen MR) is 121 cm³/mol. The van der Waals surface area contributed by atoms with Crippen LogP contribution in [0.1, 0.15) is 12.0 Å². The Kier molecular flexibility index (Phi) is 6.28. The van der Waals surface area contributed by atoms with Crippen LogP contribution in [-0.2, 0) is 11.2 Å². The summed E-state index contributed by atoms with van der Waals surface area (Å²) in [5.74, 6) is 1.32. The van der Waals surface area contributed by atoms with Crippen LogP contribution in [0.5, 0.6) is 11.5 Å². The molecular formula is C23H22N4O3S. The Hall–Kier alpha value is -3.65. The summed E-state index contributed by atoms with van der Waals surface area (Å²) in [4.78, 5) is 17.0. The number of nitrogens with one attached hydrogen (secondary N) is 1. The maximum atomic E-state index is 12.4. The third-order valence-corrected chi connectivity index (χ3v) is 5.49. The number of para-hydroxylation sites is 1. The van der Waals surface area contributed by atoms with Gasteiger partial charge in [-0.25, -0.2) is 9.67 Å². The number of rotatable bonds is 8. The summed E-state index contributed by atoms with van der Waals surface area (Å²) in [5, 5.41) is 9.68. The van der Waals surface area contributed by atoms with Crippen LogP contribution in [0.3, 0.4) is 0 Å². The van der Waals surface area contributed by atoms with Gasteiger partial charge in [0.05, 0.1) is 31.8 Å². The van der Waals surface area contributed by atoms with E-state index in [9.17, 15) is 4.79 Å². The van der Waals surface area contributed by atoms with Crippen molar-refractivity contribution in [3.05, 3.63) is 71.9 Å². The molecule has 1 N–H and O–H groups in total. The number of carbonyl (C=O) groups is 1. The molecule has 2 aromatic carbocycles. The van der Waals surface area contributed by atoms with Crippen LogP contribution in [0.15, 0.2) is 66.3 Å². The lowest BCUT2D eigenvalue weighted by molar-refractivity contribution is -0.116. The zero-order chi connectivity index (χ0) is 21.6. The molecule has 0 saturated carbocycles. The van der Waals surface area contributed by atoms with Crippen molar-refractivity contribution in [3.63, 3.8) is 0 Å². The average Bonchev–Trinajstić information content (AvgIpc) is 3.47. The molecule has 0 bridgehead atoms. The molecule has 0 aliphatic carbocycles. The van der Waals surface area contributed by atoms with Crippen molar-refractivity contribution >= 4 is 22.4 Å². The van der Waals surface area contributed by atoms with E-state index in [1.165, 1.54) is 11.3 Å². The summed E-state index contributed by atoms with van der Waals surface area (Å²) >= 11 is 1.37. The number of methoxy groups -OCH3 is 2. The van der Waals surface area contributed by atoms with E-state index in [0.29, 0.717) is 29.5 Å². The van der Waals surface area contributed by atoms with Gasteiger partial charge < -0.3 is 14.8 Å². The van der Waals surface area contributed by atoms with E-state index in [1.54, 1.807) is 20.4 Å². The van der Waals surface area contributed by atoms with E-state index in [2.05, 4.69) is 15.4 Å². The molecule has 4 rings (SSSR count). The Labute approximate surface area is 184 Å². The van der Waals surface area contributed by atoms with Gasteiger partial charge in [0.1, 0.15) is 11.5 Å². The molecule has 0 spiro atoms. The molecule has 31 heavy (non-hydrogen) atoms. The highest BCUT2D eigenvalue weighted by Gasteiger charge is 2.13. The van der Waals surface area contributed by atoms with Gasteiger partial charge in [0, 0.05) is 23.6 Å². The number of ether oxygens (including phenoxy) is 2. The Morgan fingerprint density at radius 3 is 2.74 bits per heavy atom. The minimum Gasteiger partial charge on any atom is -0.497 e. The molecule has 4 aromatic rings. The van der Waals surface area contributed by atoms with Crippen molar-refractivity contribution in [1.29, 1.82) is 0 Å². The van der Waals surface area contributed by atoms with Crippen molar-refractivity contribution in [2.75, 3.05) is 19.5 Å². The van der Waals surface area contributed by atoms with Crippen molar-refractivity contribution in [3.8, 4) is 28.4 Å². The van der Waals surface area contributed by atoms with Crippen molar-refractivity contribution in [1.82, 2.24) is 14.8 Å². The van der Waals surface area contributed by atoms with Gasteiger partial charge >= 0.3 is 0 Å². The van der Waals surface area contributed by atoms with Crippen LogP contribution in [0, 0.1) is 0 Å². The van der Waals surface area contributed by atoms with Crippen LogP contribution in [0.4, 0.5) is 5.13 Å². The maximum absolute atomic E-state index is 12.4. The number of hydrogen-bond donors (Lipinski definition) is 1. The normalized spacial score (nSPS) is 10.6. The largest absolute Gasteiger partial charge is 0.497 e. The molecule has 0 fully saturated rings. The van der Waals surface area contributed by atoms with Gasteiger partial charge in [0.2, 0.25) is 5.91 Å². The van der Waals surface area contributed by atoms with Crippen molar-refractivity contribution < 1.29 is 14.3 Å². The van der Waals surface area contributed by atoms with Crippen LogP contribution in [0.2, 0.25) is 0 Å². The summed E-state index contributed by atoms with van der Waals surface area (Å²) in [5.41, 5.74) is 3.52. The quantitative estimate of drug-likeness (QED) is 0.439. The Morgan fingerprint density at radius 2 is 1.97 bits per heavy atom. The molecule has 8 heteroatoms. The minimum absolute atomic E-state index is 0.0917. The molecular weight excluding hydrogens is 412 g/mol. The van der Waals surface area contributed by atoms with E-state index in [1.807, 2.05) is 64.8 Å². The monoisotopic (exact) mass is 434 g/mol. The van der Waals surface area contributed by atoms with Gasteiger partial charge in [-0.1, -0.05) is 18.2 Å². The van der Waals surface area contributed by atoms with Crippen LogP contribution < -0.4 is 14.8 Å². The van der Waals surface area contributed by atoms with Crippen LogP contribution >= 0.6 is 11.3 Å². The smallest absolute Gasteiger partial charge is 0.226 e. The Bertz CT molecular complexity index is 1170. The van der Waals surface area contributed by atoms with E-state index >= 15 is 0 Å². The summed E-state index contributed by atoms with van der Waals surface area (Å²) in [6, 6.07) is 15.4. The van der Waals surface area contributed by atoms with E-state index in [0.717, 1.165) is 22.5 Å². The molecule has 2 aromatic heterocycles. The number of thiazole rings is 1. The number of amides is 1. The average molecular weight is 435 g/mol. The molecule has 0 atom stereocenters. The maximum Gasteiger partial charge on any atom is 0.226 e. The SMILES string of the molecule is COc1ccc(OC)c(-c2csc(NC(=O)CCc3cnn(-c4ccccc4)c3)n2)c1. The first-order chi connectivity index (χ1) is 15.2. The second-order valence-corrected chi connectivity index (χ2v) is 7.64. The van der Waals surface area contributed by atoms with Gasteiger partial charge in [-0.2, -0.15) is 5.10 Å². The third-order valence-electron chi connectivity index (χ3n) is 4.73. The fraction of sp³-hybridized carbons (Fsp3) is 0.174. The molecule has 1 amide bonds. The lowest BCUT2D eigenvalue weighted by Gasteiger charge is -2.08. The number of hydrogen-bond acceptors (Lipinski definition) is 6. The lowest BCUT2D eigenvalue weighted by Crippen LogP contribution is -2.12. The van der Waals surface area contributed by atoms with Gasteiger partial charge in [0.25, 0.3) is 0 Å². The summed E-state index contributed by atoms with van der Waals surface area (Å²) in [6.45, 7) is 0. The van der Waals surface area contributed by atoms with Gasteiger partial charge in [-0.3, -0.25) is 4.79 Å². The van der Waals surface area contributed by atoms with Gasteiger partial charge in [-0.15, -0.1) is 11.3 Å². The highest BCUT2D eigenvalue weighted by molar-refractivity contribution is 7.14. The Balaban J connectivity index is 1.37. The molecule has 0 radical (unpaired) electrons. The van der Waals surface area contributed by atoms with Crippen molar-refractivity contribution in [2.24, 2.45) is 0 Å². The fourth-order valence-electron chi connectivity index (χ4n) is 3.12. The molecule has 0 aliphatic heterocycles. The number of nitrogens with zero attached hydrogens (tertiary/aromatic N) is 3. The summed E-state index contributed by atoms with van der Waals surface area (Å²) < 4.78 is 12.5. The second kappa shape index (κ2) is 9.44. The summed E-state index contributed by atoms with van der Waals surface area (Å²) in [7, 11) is 3.22. The highest BCUT2D eigenvalue weighted by atomic mass is 32.1.